The summed E-state index contributed by atoms with van der Waals surface area (Å²) in [4.78, 5) is 13.2. The van der Waals surface area contributed by atoms with Gasteiger partial charge in [-0.15, -0.1) is 0 Å². The van der Waals surface area contributed by atoms with Crippen LogP contribution in [0.5, 0.6) is 0 Å². The van der Waals surface area contributed by atoms with Crippen LogP contribution in [-0.4, -0.2) is 39.8 Å². The minimum Gasteiger partial charge on any atom is -0.314 e. The molecule has 72 valence electrons. The van der Waals surface area contributed by atoms with E-state index < -0.39 is 0 Å². The van der Waals surface area contributed by atoms with Crippen molar-refractivity contribution in [1.29, 1.82) is 0 Å². The molecule has 2 aliphatic heterocycles. The zero-order chi connectivity index (χ0) is 9.59. The molecule has 2 fully saturated rings. The first-order chi connectivity index (χ1) is 6.11. The molecule has 2 amide bonds. The number of rotatable bonds is 1. The van der Waals surface area contributed by atoms with Crippen molar-refractivity contribution in [2.24, 2.45) is 0 Å². The van der Waals surface area contributed by atoms with Gasteiger partial charge in [-0.2, -0.15) is 0 Å². The number of hydroxylamine groups is 2. The van der Waals surface area contributed by atoms with Gasteiger partial charge < -0.3 is 4.90 Å². The molecule has 2 atom stereocenters. The van der Waals surface area contributed by atoms with E-state index in [2.05, 4.69) is 6.58 Å². The van der Waals surface area contributed by atoms with Crippen molar-refractivity contribution >= 4 is 6.03 Å². The summed E-state index contributed by atoms with van der Waals surface area (Å²) in [6, 6.07) is -0.139. The molecule has 1 unspecified atom stereocenters. The van der Waals surface area contributed by atoms with Crippen molar-refractivity contribution in [3.63, 3.8) is 0 Å². The minimum atomic E-state index is -0.268. The lowest BCUT2D eigenvalue weighted by molar-refractivity contribution is -0.0583. The van der Waals surface area contributed by atoms with Gasteiger partial charge in [-0.1, -0.05) is 12.2 Å². The lowest BCUT2D eigenvalue weighted by Gasteiger charge is -2.30. The van der Waals surface area contributed by atoms with Gasteiger partial charge in [0.1, 0.15) is 0 Å². The van der Waals surface area contributed by atoms with E-state index in [-0.39, 0.29) is 18.1 Å². The Morgan fingerprint density at radius 1 is 1.62 bits per heavy atom. The lowest BCUT2D eigenvalue weighted by atomic mass is 9.96. The Labute approximate surface area is 77.4 Å². The van der Waals surface area contributed by atoms with Crippen molar-refractivity contribution < 1.29 is 10.0 Å². The number of piperidine rings is 1. The molecule has 2 rings (SSSR count). The number of amides is 2. The van der Waals surface area contributed by atoms with Crippen LogP contribution in [0.3, 0.4) is 0 Å². The standard InChI is InChI=1S/C9H14N2O2/c1-6(2)8-4-3-7-5-10(8)9(12)11(7)13/h7-8,13H,1,3-5H2,2H3/t7?,8-/m0/s1. The van der Waals surface area contributed by atoms with Crippen molar-refractivity contribution in [2.45, 2.75) is 31.8 Å². The van der Waals surface area contributed by atoms with Crippen LogP contribution in [0, 0.1) is 0 Å². The summed E-state index contributed by atoms with van der Waals surface area (Å²) in [5.41, 5.74) is 1.00. The highest BCUT2D eigenvalue weighted by Crippen LogP contribution is 2.30. The normalized spacial score (nSPS) is 32.6. The molecule has 0 aliphatic carbocycles. The van der Waals surface area contributed by atoms with Crippen LogP contribution in [0.15, 0.2) is 12.2 Å². The summed E-state index contributed by atoms with van der Waals surface area (Å²) in [5, 5.41) is 10.2. The Morgan fingerprint density at radius 2 is 2.31 bits per heavy atom. The SMILES string of the molecule is C=C(C)[C@@H]1CCC2CN1C(=O)N2O. The Balaban J connectivity index is 2.22. The molecule has 2 heterocycles. The van der Waals surface area contributed by atoms with E-state index in [1.54, 1.807) is 4.90 Å². The van der Waals surface area contributed by atoms with Gasteiger partial charge in [-0.3, -0.25) is 5.21 Å². The molecule has 13 heavy (non-hydrogen) atoms. The van der Waals surface area contributed by atoms with E-state index in [1.807, 2.05) is 6.92 Å². The van der Waals surface area contributed by atoms with E-state index in [0.29, 0.717) is 6.54 Å². The largest absolute Gasteiger partial charge is 0.344 e. The van der Waals surface area contributed by atoms with Gasteiger partial charge in [0.25, 0.3) is 0 Å². The molecule has 0 aromatic carbocycles. The number of carbonyl (C=O) groups is 1. The third kappa shape index (κ3) is 1.13. The highest BCUT2D eigenvalue weighted by molar-refractivity contribution is 5.77. The van der Waals surface area contributed by atoms with Crippen molar-refractivity contribution in [1.82, 2.24) is 9.96 Å². The Kier molecular flexibility index (Phi) is 1.80. The molecule has 2 saturated heterocycles. The molecule has 0 aromatic rings. The summed E-state index contributed by atoms with van der Waals surface area (Å²) < 4.78 is 0. The van der Waals surface area contributed by atoms with Gasteiger partial charge in [0.2, 0.25) is 0 Å². The molecule has 4 nitrogen and oxygen atoms in total. The lowest BCUT2D eigenvalue weighted by Crippen LogP contribution is -2.40. The Bertz CT molecular complexity index is 264. The highest BCUT2D eigenvalue weighted by atomic mass is 16.5. The number of hydrogen-bond acceptors (Lipinski definition) is 2. The molecule has 0 saturated carbocycles. The fourth-order valence-electron chi connectivity index (χ4n) is 2.16. The number of urea groups is 1. The van der Waals surface area contributed by atoms with Gasteiger partial charge in [0.15, 0.2) is 0 Å². The maximum absolute atomic E-state index is 11.5. The summed E-state index contributed by atoms with van der Waals surface area (Å²) in [6.07, 6.45) is 1.79. The van der Waals surface area contributed by atoms with Gasteiger partial charge in [0.05, 0.1) is 12.1 Å². The van der Waals surface area contributed by atoms with Crippen molar-refractivity contribution in [2.75, 3.05) is 6.54 Å². The maximum atomic E-state index is 11.5. The number of fused-ring (bicyclic) bond motifs is 2. The van der Waals surface area contributed by atoms with E-state index >= 15 is 0 Å². The molecule has 0 spiro atoms. The smallest absolute Gasteiger partial charge is 0.314 e. The second-order valence-electron chi connectivity index (χ2n) is 3.87. The fourth-order valence-corrected chi connectivity index (χ4v) is 2.16. The van der Waals surface area contributed by atoms with Crippen molar-refractivity contribution in [3.8, 4) is 0 Å². The summed E-state index contributed by atoms with van der Waals surface area (Å²) >= 11 is 0. The average Bonchev–Trinajstić information content (AvgIpc) is 2.32. The first-order valence-electron chi connectivity index (χ1n) is 4.55. The maximum Gasteiger partial charge on any atom is 0.344 e. The Morgan fingerprint density at radius 3 is 2.92 bits per heavy atom. The molecule has 4 heteroatoms. The van der Waals surface area contributed by atoms with Crippen LogP contribution in [0.25, 0.3) is 0 Å². The molecule has 2 aliphatic rings. The second kappa shape index (κ2) is 2.73. The predicted molar refractivity (Wildman–Crippen MR) is 47.4 cm³/mol. The van der Waals surface area contributed by atoms with Crippen LogP contribution >= 0.6 is 0 Å². The number of carbonyl (C=O) groups excluding carboxylic acids is 1. The van der Waals surface area contributed by atoms with Gasteiger partial charge in [-0.25, -0.2) is 9.86 Å². The van der Waals surface area contributed by atoms with Crippen LogP contribution in [-0.2, 0) is 0 Å². The van der Waals surface area contributed by atoms with Crippen LogP contribution < -0.4 is 0 Å². The summed E-state index contributed by atoms with van der Waals surface area (Å²) in [5.74, 6) is 0. The van der Waals surface area contributed by atoms with E-state index in [0.717, 1.165) is 23.5 Å². The number of nitrogens with zero attached hydrogens (tertiary/aromatic N) is 2. The van der Waals surface area contributed by atoms with Crippen LogP contribution in [0.4, 0.5) is 4.79 Å². The van der Waals surface area contributed by atoms with Gasteiger partial charge in [-0.05, 0) is 19.8 Å². The third-order valence-electron chi connectivity index (χ3n) is 2.91. The molecule has 2 bridgehead atoms. The molecular weight excluding hydrogens is 168 g/mol. The van der Waals surface area contributed by atoms with E-state index in [1.165, 1.54) is 0 Å². The topological polar surface area (TPSA) is 43.8 Å². The molecule has 0 aromatic heterocycles. The molecule has 1 N–H and O–H groups in total. The first kappa shape index (κ1) is 8.56. The zero-order valence-electron chi connectivity index (χ0n) is 7.73. The Hall–Kier alpha value is -1.03. The third-order valence-corrected chi connectivity index (χ3v) is 2.91. The highest BCUT2D eigenvalue weighted by Gasteiger charge is 2.44. The summed E-state index contributed by atoms with van der Waals surface area (Å²) in [6.45, 7) is 6.44. The zero-order valence-corrected chi connectivity index (χ0v) is 7.73. The van der Waals surface area contributed by atoms with Gasteiger partial charge in [0, 0.05) is 6.54 Å². The predicted octanol–water partition coefficient (Wildman–Crippen LogP) is 1.22. The minimum absolute atomic E-state index is 0.00287. The monoisotopic (exact) mass is 182 g/mol. The quantitative estimate of drug-likeness (QED) is 0.489. The van der Waals surface area contributed by atoms with Crippen molar-refractivity contribution in [3.05, 3.63) is 12.2 Å². The average molecular weight is 182 g/mol. The first-order valence-corrected chi connectivity index (χ1v) is 4.55. The fraction of sp³-hybridized carbons (Fsp3) is 0.667. The van der Waals surface area contributed by atoms with Gasteiger partial charge >= 0.3 is 6.03 Å². The van der Waals surface area contributed by atoms with E-state index in [4.69, 9.17) is 0 Å². The van der Waals surface area contributed by atoms with E-state index in [9.17, 15) is 10.0 Å². The molecule has 0 radical (unpaired) electrons. The molecular formula is C9H14N2O2. The van der Waals surface area contributed by atoms with Crippen LogP contribution in [0.2, 0.25) is 0 Å². The summed E-state index contributed by atoms with van der Waals surface area (Å²) in [7, 11) is 0. The second-order valence-corrected chi connectivity index (χ2v) is 3.87. The number of hydrogen-bond donors (Lipinski definition) is 1. The van der Waals surface area contributed by atoms with Crippen LogP contribution in [0.1, 0.15) is 19.8 Å².